The highest BCUT2D eigenvalue weighted by molar-refractivity contribution is 5.90. The first-order chi connectivity index (χ1) is 8.91. The largest absolute Gasteiger partial charge is 0.498 e. The van der Waals surface area contributed by atoms with Crippen molar-refractivity contribution in [2.24, 2.45) is 0 Å². The first-order valence-corrected chi connectivity index (χ1v) is 4.82. The van der Waals surface area contributed by atoms with Gasteiger partial charge in [-0.1, -0.05) is 6.58 Å². The molecule has 0 aromatic heterocycles. The first kappa shape index (κ1) is 14.9. The quantitative estimate of drug-likeness (QED) is 0.208. The minimum Gasteiger partial charge on any atom is -0.498 e. The maximum absolute atomic E-state index is 13.2. The summed E-state index contributed by atoms with van der Waals surface area (Å²) in [4.78, 5) is 11.2. The van der Waals surface area contributed by atoms with Gasteiger partial charge in [0.05, 0.1) is 6.26 Å². The summed E-state index contributed by atoms with van der Waals surface area (Å²) in [6, 6.07) is 0. The van der Waals surface area contributed by atoms with Crippen molar-refractivity contribution >= 4 is 5.97 Å². The van der Waals surface area contributed by atoms with Crippen LogP contribution < -0.4 is 0 Å². The summed E-state index contributed by atoms with van der Waals surface area (Å²) in [5.41, 5.74) is -1.64. The zero-order chi connectivity index (χ0) is 14.6. The van der Waals surface area contributed by atoms with Gasteiger partial charge >= 0.3 is 5.97 Å². The van der Waals surface area contributed by atoms with Crippen LogP contribution in [0.3, 0.4) is 0 Å². The van der Waals surface area contributed by atoms with Crippen molar-refractivity contribution in [1.82, 2.24) is 0 Å². The molecule has 0 spiro atoms. The molecule has 0 aliphatic rings. The van der Waals surface area contributed by atoms with E-state index in [2.05, 4.69) is 16.1 Å². The third-order valence-electron chi connectivity index (χ3n) is 1.97. The molecule has 0 atom stereocenters. The van der Waals surface area contributed by atoms with E-state index < -0.39 is 47.2 Å². The number of esters is 1. The Morgan fingerprint density at radius 3 is 1.89 bits per heavy atom. The number of hydrogen-bond donors (Lipinski definition) is 0. The zero-order valence-electron chi connectivity index (χ0n) is 9.31. The Morgan fingerprint density at radius 2 is 1.42 bits per heavy atom. The second-order valence-corrected chi connectivity index (χ2v) is 3.12. The van der Waals surface area contributed by atoms with Gasteiger partial charge in [0.2, 0.25) is 5.82 Å². The lowest BCUT2D eigenvalue weighted by Gasteiger charge is -2.08. The minimum atomic E-state index is -2.35. The highest BCUT2D eigenvalue weighted by Gasteiger charge is 2.30. The van der Waals surface area contributed by atoms with E-state index >= 15 is 0 Å². The third-order valence-corrected chi connectivity index (χ3v) is 1.97. The van der Waals surface area contributed by atoms with Crippen molar-refractivity contribution in [3.63, 3.8) is 0 Å². The lowest BCUT2D eigenvalue weighted by atomic mass is 10.1. The summed E-state index contributed by atoms with van der Waals surface area (Å²) in [5.74, 6) is -12.9. The molecule has 0 N–H and O–H groups in total. The van der Waals surface area contributed by atoms with E-state index in [1.54, 1.807) is 0 Å². The van der Waals surface area contributed by atoms with Gasteiger partial charge in [0.15, 0.2) is 23.3 Å². The normalized spacial score (nSPS) is 10.2. The Morgan fingerprint density at radius 1 is 0.947 bits per heavy atom. The lowest BCUT2D eigenvalue weighted by Crippen LogP contribution is -2.17. The maximum atomic E-state index is 13.2. The third kappa shape index (κ3) is 3.01. The molecule has 0 amide bonds. The molecule has 0 aliphatic heterocycles. The van der Waals surface area contributed by atoms with Gasteiger partial charge in [-0.05, 0) is 0 Å². The maximum Gasteiger partial charge on any atom is 0.344 e. The van der Waals surface area contributed by atoms with Crippen LogP contribution in [-0.2, 0) is 9.47 Å². The number of benzene rings is 1. The fourth-order valence-corrected chi connectivity index (χ4v) is 1.12. The highest BCUT2D eigenvalue weighted by Crippen LogP contribution is 2.23. The number of ether oxygens (including phenoxy) is 2. The molecule has 0 heterocycles. The molecule has 0 saturated heterocycles. The van der Waals surface area contributed by atoms with Crippen LogP contribution in [0.1, 0.15) is 10.4 Å². The van der Waals surface area contributed by atoms with E-state index in [0.717, 1.165) is 6.26 Å². The molecule has 1 aromatic rings. The number of rotatable bonds is 5. The Kier molecular flexibility index (Phi) is 4.85. The summed E-state index contributed by atoms with van der Waals surface area (Å²) in [5, 5.41) is 0. The Labute approximate surface area is 104 Å². The molecule has 0 fully saturated rings. The number of carbonyl (C=O) groups is 1. The van der Waals surface area contributed by atoms with Gasteiger partial charge < -0.3 is 9.47 Å². The molecule has 0 unspecified atom stereocenters. The van der Waals surface area contributed by atoms with Crippen LogP contribution in [0.5, 0.6) is 0 Å². The Balaban J connectivity index is 3.00. The van der Waals surface area contributed by atoms with Crippen molar-refractivity contribution in [1.29, 1.82) is 0 Å². The molecule has 0 saturated carbocycles. The van der Waals surface area contributed by atoms with Crippen molar-refractivity contribution in [2.75, 3.05) is 13.2 Å². The van der Waals surface area contributed by atoms with Crippen LogP contribution >= 0.6 is 0 Å². The van der Waals surface area contributed by atoms with E-state index in [1.165, 1.54) is 0 Å². The molecule has 104 valence electrons. The highest BCUT2D eigenvalue weighted by atomic mass is 19.2. The van der Waals surface area contributed by atoms with Gasteiger partial charge in [-0.3, -0.25) is 0 Å². The van der Waals surface area contributed by atoms with Crippen LogP contribution in [-0.4, -0.2) is 19.2 Å². The second kappa shape index (κ2) is 6.17. The molecule has 0 bridgehead atoms. The Hall–Kier alpha value is -2.12. The average molecular weight is 282 g/mol. The van der Waals surface area contributed by atoms with E-state index in [9.17, 15) is 26.7 Å². The number of hydrogen-bond acceptors (Lipinski definition) is 3. The molecular formula is C11H7F5O3. The van der Waals surface area contributed by atoms with Crippen LogP contribution in [0.4, 0.5) is 22.0 Å². The van der Waals surface area contributed by atoms with Crippen LogP contribution in [0, 0.1) is 29.1 Å². The molecule has 19 heavy (non-hydrogen) atoms. The van der Waals surface area contributed by atoms with Crippen LogP contribution in [0.15, 0.2) is 12.8 Å². The fraction of sp³-hybridized carbons (Fsp3) is 0.182. The van der Waals surface area contributed by atoms with Crippen LogP contribution in [0.25, 0.3) is 0 Å². The van der Waals surface area contributed by atoms with Crippen molar-refractivity contribution < 1.29 is 36.2 Å². The molecule has 1 aromatic carbocycles. The van der Waals surface area contributed by atoms with Gasteiger partial charge in [0.25, 0.3) is 0 Å². The van der Waals surface area contributed by atoms with Crippen molar-refractivity contribution in [3.05, 3.63) is 47.5 Å². The van der Waals surface area contributed by atoms with E-state index in [-0.39, 0.29) is 6.61 Å². The zero-order valence-corrected chi connectivity index (χ0v) is 9.31. The van der Waals surface area contributed by atoms with E-state index in [1.807, 2.05) is 0 Å². The van der Waals surface area contributed by atoms with Crippen molar-refractivity contribution in [3.8, 4) is 0 Å². The number of halogens is 5. The minimum absolute atomic E-state index is 0.176. The topological polar surface area (TPSA) is 35.5 Å². The SMILES string of the molecule is C=COCCOC(=O)c1c(F)c(F)c(F)c(F)c1F. The predicted octanol–water partition coefficient (Wildman–Crippen LogP) is 2.70. The van der Waals surface area contributed by atoms with Gasteiger partial charge in [0, 0.05) is 0 Å². The monoisotopic (exact) mass is 282 g/mol. The fourth-order valence-electron chi connectivity index (χ4n) is 1.12. The van der Waals surface area contributed by atoms with Gasteiger partial charge in [0.1, 0.15) is 18.8 Å². The summed E-state index contributed by atoms with van der Waals surface area (Å²) >= 11 is 0. The molecule has 0 radical (unpaired) electrons. The summed E-state index contributed by atoms with van der Waals surface area (Å²) in [6.07, 6.45) is 1.02. The number of carbonyl (C=O) groups excluding carboxylic acids is 1. The van der Waals surface area contributed by atoms with Crippen molar-refractivity contribution in [2.45, 2.75) is 0 Å². The summed E-state index contributed by atoms with van der Waals surface area (Å²) < 4.78 is 73.5. The smallest absolute Gasteiger partial charge is 0.344 e. The Bertz CT molecular complexity index is 487. The summed E-state index contributed by atoms with van der Waals surface area (Å²) in [6.45, 7) is 2.56. The molecule has 0 aliphatic carbocycles. The van der Waals surface area contributed by atoms with Crippen LogP contribution in [0.2, 0.25) is 0 Å². The molecule has 3 nitrogen and oxygen atoms in total. The first-order valence-electron chi connectivity index (χ1n) is 4.82. The molecule has 1 rings (SSSR count). The van der Waals surface area contributed by atoms with Gasteiger partial charge in [-0.2, -0.15) is 0 Å². The molecule has 8 heteroatoms. The lowest BCUT2D eigenvalue weighted by molar-refractivity contribution is 0.0407. The predicted molar refractivity (Wildman–Crippen MR) is 52.7 cm³/mol. The van der Waals surface area contributed by atoms with E-state index in [0.29, 0.717) is 0 Å². The summed E-state index contributed by atoms with van der Waals surface area (Å²) in [7, 11) is 0. The second-order valence-electron chi connectivity index (χ2n) is 3.12. The van der Waals surface area contributed by atoms with E-state index in [4.69, 9.17) is 0 Å². The standard InChI is InChI=1S/C11H7F5O3/c1-2-18-3-4-19-11(17)5-6(12)8(14)10(16)9(15)7(5)13/h2H,1,3-4H2. The van der Waals surface area contributed by atoms with Gasteiger partial charge in [-0.25, -0.2) is 26.7 Å². The van der Waals surface area contributed by atoms with Gasteiger partial charge in [-0.15, -0.1) is 0 Å². The average Bonchev–Trinajstić information content (AvgIpc) is 2.39. The molecular weight excluding hydrogens is 275 g/mol.